The maximum absolute atomic E-state index is 13.6. The lowest BCUT2D eigenvalue weighted by atomic mass is 9.67. The molecule has 0 aliphatic carbocycles. The second kappa shape index (κ2) is 7.03. The van der Waals surface area contributed by atoms with Crippen LogP contribution in [0, 0.1) is 0 Å². The maximum Gasteiger partial charge on any atom is 0.326 e. The van der Waals surface area contributed by atoms with Crippen molar-refractivity contribution in [3.8, 4) is 0 Å². The molecule has 3 heterocycles. The average molecular weight is 392 g/mol. The predicted molar refractivity (Wildman–Crippen MR) is 107 cm³/mol. The molecule has 2 aromatic rings. The van der Waals surface area contributed by atoms with Gasteiger partial charge < -0.3 is 15.3 Å². The van der Waals surface area contributed by atoms with Crippen LogP contribution in [0.3, 0.4) is 0 Å². The first-order valence-electron chi connectivity index (χ1n) is 9.93. The van der Waals surface area contributed by atoms with E-state index in [1.807, 2.05) is 55.5 Å². The fourth-order valence-corrected chi connectivity index (χ4v) is 4.76. The Balaban J connectivity index is 1.87. The Hall–Kier alpha value is -3.15. The number of piperazine rings is 1. The number of carboxylic acid groups (broad SMARTS) is 1. The third-order valence-electron chi connectivity index (χ3n) is 6.40. The zero-order valence-electron chi connectivity index (χ0n) is 16.3. The molecule has 2 N–H and O–H groups in total. The van der Waals surface area contributed by atoms with Gasteiger partial charge in [-0.25, -0.2) is 4.79 Å². The summed E-state index contributed by atoms with van der Waals surface area (Å²) in [7, 11) is 0. The van der Waals surface area contributed by atoms with Crippen LogP contribution in [0.25, 0.3) is 0 Å². The number of nitrogens with zero attached hydrogens (tertiary/aromatic N) is 1. The Bertz CT molecular complexity index is 946. The summed E-state index contributed by atoms with van der Waals surface area (Å²) in [4.78, 5) is 40.8. The lowest BCUT2D eigenvalue weighted by Gasteiger charge is -2.59. The highest BCUT2D eigenvalue weighted by Gasteiger charge is 2.65. The predicted octanol–water partition coefficient (Wildman–Crippen LogP) is 2.48. The zero-order chi connectivity index (χ0) is 20.6. The van der Waals surface area contributed by atoms with Gasteiger partial charge in [0.15, 0.2) is 0 Å². The SMILES string of the molecule is CCC12CCC(c3ccccc3)(C(=O)N1)N(C(Cc1ccccc1)C(=O)O)C2=O. The van der Waals surface area contributed by atoms with Crippen molar-refractivity contribution < 1.29 is 19.5 Å². The zero-order valence-corrected chi connectivity index (χ0v) is 16.3. The van der Waals surface area contributed by atoms with E-state index in [0.29, 0.717) is 24.8 Å². The normalized spacial score (nSPS) is 26.9. The van der Waals surface area contributed by atoms with Gasteiger partial charge in [-0.2, -0.15) is 0 Å². The van der Waals surface area contributed by atoms with Gasteiger partial charge in [0.05, 0.1) is 0 Å². The Labute approximate surface area is 169 Å². The molecule has 3 aliphatic heterocycles. The number of hydrogen-bond acceptors (Lipinski definition) is 3. The van der Waals surface area contributed by atoms with Crippen molar-refractivity contribution in [3.05, 3.63) is 71.8 Å². The minimum atomic E-state index is -1.31. The van der Waals surface area contributed by atoms with E-state index in [0.717, 1.165) is 5.56 Å². The van der Waals surface area contributed by atoms with Gasteiger partial charge in [-0.1, -0.05) is 67.6 Å². The van der Waals surface area contributed by atoms with E-state index in [9.17, 15) is 19.5 Å². The molecule has 3 unspecified atom stereocenters. The summed E-state index contributed by atoms with van der Waals surface area (Å²) in [6, 6.07) is 17.1. The van der Waals surface area contributed by atoms with Crippen LogP contribution in [-0.4, -0.2) is 39.4 Å². The molecule has 2 aromatic carbocycles. The molecule has 5 rings (SSSR count). The van der Waals surface area contributed by atoms with Crippen LogP contribution in [0.15, 0.2) is 60.7 Å². The van der Waals surface area contributed by atoms with Crippen LogP contribution in [0.1, 0.15) is 37.3 Å². The monoisotopic (exact) mass is 392 g/mol. The van der Waals surface area contributed by atoms with Gasteiger partial charge in [-0.3, -0.25) is 9.59 Å². The van der Waals surface area contributed by atoms with Crippen molar-refractivity contribution in [2.24, 2.45) is 0 Å². The van der Waals surface area contributed by atoms with Gasteiger partial charge in [0, 0.05) is 6.42 Å². The van der Waals surface area contributed by atoms with Crippen LogP contribution in [-0.2, 0) is 26.3 Å². The van der Waals surface area contributed by atoms with E-state index < -0.39 is 23.1 Å². The number of carbonyl (C=O) groups is 3. The third-order valence-corrected chi connectivity index (χ3v) is 6.40. The number of rotatable bonds is 6. The van der Waals surface area contributed by atoms with Crippen molar-refractivity contribution in [2.75, 3.05) is 0 Å². The first kappa shape index (κ1) is 19.2. The Morgan fingerprint density at radius 3 is 2.24 bits per heavy atom. The molecule has 0 spiro atoms. The molecule has 150 valence electrons. The lowest BCUT2D eigenvalue weighted by Crippen LogP contribution is -2.80. The molecule has 0 saturated carbocycles. The topological polar surface area (TPSA) is 86.7 Å². The number of fused-ring (bicyclic) bond motifs is 3. The summed E-state index contributed by atoms with van der Waals surface area (Å²) >= 11 is 0. The highest BCUT2D eigenvalue weighted by Crippen LogP contribution is 2.48. The van der Waals surface area contributed by atoms with Gasteiger partial charge >= 0.3 is 5.97 Å². The highest BCUT2D eigenvalue weighted by molar-refractivity contribution is 6.06. The molecule has 3 aliphatic rings. The number of piperidine rings is 2. The van der Waals surface area contributed by atoms with Gasteiger partial charge in [-0.15, -0.1) is 0 Å². The van der Waals surface area contributed by atoms with Crippen LogP contribution >= 0.6 is 0 Å². The summed E-state index contributed by atoms with van der Waals surface area (Å²) in [6.45, 7) is 1.85. The van der Waals surface area contributed by atoms with E-state index in [1.165, 1.54) is 4.90 Å². The number of hydrogen-bond donors (Lipinski definition) is 2. The van der Waals surface area contributed by atoms with Crippen molar-refractivity contribution in [1.82, 2.24) is 10.2 Å². The molecule has 3 saturated heterocycles. The fraction of sp³-hybridized carbons (Fsp3) is 0.348. The second-order valence-electron chi connectivity index (χ2n) is 7.83. The number of carbonyl (C=O) groups excluding carboxylic acids is 2. The Morgan fingerprint density at radius 1 is 1.07 bits per heavy atom. The van der Waals surface area contributed by atoms with E-state index in [-0.39, 0.29) is 18.2 Å². The summed E-state index contributed by atoms with van der Waals surface area (Å²) in [5.41, 5.74) is -0.886. The van der Waals surface area contributed by atoms with E-state index >= 15 is 0 Å². The number of carboxylic acids is 1. The first-order chi connectivity index (χ1) is 13.9. The summed E-state index contributed by atoms with van der Waals surface area (Å²) in [6.07, 6.45) is 1.47. The minimum Gasteiger partial charge on any atom is -0.480 e. The van der Waals surface area contributed by atoms with Gasteiger partial charge in [0.25, 0.3) is 5.91 Å². The van der Waals surface area contributed by atoms with Gasteiger partial charge in [-0.05, 0) is 30.4 Å². The molecule has 2 bridgehead atoms. The molecule has 0 aromatic heterocycles. The van der Waals surface area contributed by atoms with Crippen molar-refractivity contribution >= 4 is 17.8 Å². The minimum absolute atomic E-state index is 0.142. The van der Waals surface area contributed by atoms with E-state index in [4.69, 9.17) is 0 Å². The molecular weight excluding hydrogens is 368 g/mol. The van der Waals surface area contributed by atoms with Crippen LogP contribution in [0.2, 0.25) is 0 Å². The van der Waals surface area contributed by atoms with Crippen molar-refractivity contribution in [2.45, 2.75) is 49.7 Å². The molecule has 6 heteroatoms. The van der Waals surface area contributed by atoms with Crippen molar-refractivity contribution in [3.63, 3.8) is 0 Å². The standard InChI is InChI=1S/C23H24N2O4/c1-2-22-13-14-23(20(28)24-22,17-11-7-4-8-12-17)25(21(22)29)18(19(26)27)15-16-9-5-3-6-10-16/h3-12,18H,2,13-15H2,1H3,(H,24,28)(H,26,27). The van der Waals surface area contributed by atoms with E-state index in [2.05, 4.69) is 5.32 Å². The molecular formula is C23H24N2O4. The average Bonchev–Trinajstić information content (AvgIpc) is 2.75. The number of benzene rings is 2. The third kappa shape index (κ3) is 2.82. The summed E-state index contributed by atoms with van der Waals surface area (Å²) < 4.78 is 0. The fourth-order valence-electron chi connectivity index (χ4n) is 4.76. The van der Waals surface area contributed by atoms with E-state index in [1.54, 1.807) is 12.1 Å². The summed E-state index contributed by atoms with van der Waals surface area (Å²) in [5.74, 6) is -1.71. The smallest absolute Gasteiger partial charge is 0.326 e. The van der Waals surface area contributed by atoms with Gasteiger partial charge in [0.1, 0.15) is 17.1 Å². The number of amides is 2. The van der Waals surface area contributed by atoms with Gasteiger partial charge in [0.2, 0.25) is 5.91 Å². The van der Waals surface area contributed by atoms with Crippen LogP contribution in [0.5, 0.6) is 0 Å². The number of nitrogens with one attached hydrogen (secondary N) is 1. The Morgan fingerprint density at radius 2 is 1.69 bits per heavy atom. The maximum atomic E-state index is 13.6. The quantitative estimate of drug-likeness (QED) is 0.791. The second-order valence-corrected chi connectivity index (χ2v) is 7.83. The molecule has 29 heavy (non-hydrogen) atoms. The summed E-state index contributed by atoms with van der Waals surface area (Å²) in [5, 5.41) is 13.0. The molecule has 2 amide bonds. The Kier molecular flexibility index (Phi) is 4.65. The van der Waals surface area contributed by atoms with Crippen molar-refractivity contribution in [1.29, 1.82) is 0 Å². The highest BCUT2D eigenvalue weighted by atomic mass is 16.4. The molecule has 0 radical (unpaired) electrons. The van der Waals surface area contributed by atoms with Crippen LogP contribution < -0.4 is 5.32 Å². The van der Waals surface area contributed by atoms with Crippen LogP contribution in [0.4, 0.5) is 0 Å². The number of aliphatic carboxylic acids is 1. The first-order valence-corrected chi connectivity index (χ1v) is 9.93. The lowest BCUT2D eigenvalue weighted by molar-refractivity contribution is -0.183. The largest absolute Gasteiger partial charge is 0.480 e. The molecule has 3 fully saturated rings. The molecule has 6 nitrogen and oxygen atoms in total. The molecule has 3 atom stereocenters.